The van der Waals surface area contributed by atoms with E-state index in [-0.39, 0.29) is 0 Å². The van der Waals surface area contributed by atoms with Crippen LogP contribution in [0, 0.1) is 0 Å². The highest BCUT2D eigenvalue weighted by Crippen LogP contribution is 2.27. The number of nitrogens with zero attached hydrogens (tertiary/aromatic N) is 3. The standard InChI is InChI=1S/C21H16F3N5O/c22-21(23,24)13-26-20(30)28-17-8-4-7-15(9-17)18-11-27-29-12-16(10-25-19(18)29)14-5-2-1-3-6-14/h1-12H,13H2,(H2,26,28,30). The van der Waals surface area contributed by atoms with Crippen molar-refractivity contribution < 1.29 is 18.0 Å². The Hall–Kier alpha value is -3.88. The van der Waals surface area contributed by atoms with Crippen LogP contribution in [0.4, 0.5) is 23.7 Å². The molecule has 0 saturated carbocycles. The summed E-state index contributed by atoms with van der Waals surface area (Å²) in [5.74, 6) is 0. The molecule has 9 heteroatoms. The van der Waals surface area contributed by atoms with E-state index in [1.165, 1.54) is 0 Å². The molecule has 4 aromatic rings. The second kappa shape index (κ2) is 7.86. The van der Waals surface area contributed by atoms with E-state index < -0.39 is 18.8 Å². The van der Waals surface area contributed by atoms with E-state index >= 15 is 0 Å². The summed E-state index contributed by atoms with van der Waals surface area (Å²) in [6.45, 7) is -1.40. The first-order valence-electron chi connectivity index (χ1n) is 9.00. The minimum Gasteiger partial charge on any atom is -0.329 e. The number of carbonyl (C=O) groups excluding carboxylic acids is 1. The molecule has 0 unspecified atom stereocenters. The monoisotopic (exact) mass is 411 g/mol. The van der Waals surface area contributed by atoms with Gasteiger partial charge in [-0.3, -0.25) is 0 Å². The van der Waals surface area contributed by atoms with Crippen LogP contribution in [-0.2, 0) is 0 Å². The van der Waals surface area contributed by atoms with Gasteiger partial charge in [-0.1, -0.05) is 42.5 Å². The Labute approximate surface area is 169 Å². The van der Waals surface area contributed by atoms with Crippen molar-refractivity contribution in [3.63, 3.8) is 0 Å². The molecule has 0 spiro atoms. The normalized spacial score (nSPS) is 11.4. The Morgan fingerprint density at radius 3 is 2.50 bits per heavy atom. The number of amides is 2. The third kappa shape index (κ3) is 4.40. The molecule has 0 atom stereocenters. The van der Waals surface area contributed by atoms with Gasteiger partial charge in [-0.2, -0.15) is 18.3 Å². The maximum Gasteiger partial charge on any atom is 0.405 e. The molecule has 2 aromatic carbocycles. The van der Waals surface area contributed by atoms with Crippen molar-refractivity contribution in [2.45, 2.75) is 6.18 Å². The quantitative estimate of drug-likeness (QED) is 0.509. The summed E-state index contributed by atoms with van der Waals surface area (Å²) in [6, 6.07) is 15.6. The molecular formula is C21H16F3N5O. The van der Waals surface area contributed by atoms with Crippen molar-refractivity contribution >= 4 is 17.4 Å². The van der Waals surface area contributed by atoms with E-state index in [9.17, 15) is 18.0 Å². The number of nitrogens with one attached hydrogen (secondary N) is 2. The number of urea groups is 1. The number of alkyl halides is 3. The molecule has 2 N–H and O–H groups in total. The Morgan fingerprint density at radius 2 is 1.73 bits per heavy atom. The van der Waals surface area contributed by atoms with Crippen LogP contribution in [-0.4, -0.2) is 33.4 Å². The summed E-state index contributed by atoms with van der Waals surface area (Å²) in [6.07, 6.45) is 0.802. The molecule has 0 aliphatic carbocycles. The zero-order valence-electron chi connectivity index (χ0n) is 15.5. The summed E-state index contributed by atoms with van der Waals surface area (Å²) < 4.78 is 38.4. The third-order valence-electron chi connectivity index (χ3n) is 4.34. The number of anilines is 1. The van der Waals surface area contributed by atoms with Gasteiger partial charge in [0, 0.05) is 29.2 Å². The summed E-state index contributed by atoms with van der Waals surface area (Å²) in [5.41, 5.74) is 4.35. The Balaban J connectivity index is 1.57. The van der Waals surface area contributed by atoms with Crippen molar-refractivity contribution in [3.05, 3.63) is 73.2 Å². The molecule has 2 amide bonds. The molecule has 0 saturated heterocycles. The van der Waals surface area contributed by atoms with Gasteiger partial charge in [0.15, 0.2) is 5.65 Å². The largest absolute Gasteiger partial charge is 0.405 e. The molecule has 0 fully saturated rings. The highest BCUT2D eigenvalue weighted by molar-refractivity contribution is 5.90. The predicted octanol–water partition coefficient (Wildman–Crippen LogP) is 4.75. The smallest absolute Gasteiger partial charge is 0.329 e. The first-order chi connectivity index (χ1) is 14.4. The fraction of sp³-hybridized carbons (Fsp3) is 0.0952. The maximum atomic E-state index is 12.2. The molecular weight excluding hydrogens is 395 g/mol. The molecule has 2 heterocycles. The molecule has 0 aliphatic rings. The summed E-state index contributed by atoms with van der Waals surface area (Å²) in [7, 11) is 0. The van der Waals surface area contributed by atoms with Crippen LogP contribution in [0.2, 0.25) is 0 Å². The molecule has 0 aliphatic heterocycles. The van der Waals surface area contributed by atoms with Crippen molar-refractivity contribution in [1.29, 1.82) is 0 Å². The SMILES string of the molecule is O=C(NCC(F)(F)F)Nc1cccc(-c2cnn3cc(-c4ccccc4)cnc23)c1. The number of benzene rings is 2. The van der Waals surface area contributed by atoms with Crippen LogP contribution in [0.25, 0.3) is 27.9 Å². The van der Waals surface area contributed by atoms with Crippen molar-refractivity contribution in [3.8, 4) is 22.3 Å². The second-order valence-electron chi connectivity index (χ2n) is 6.54. The Morgan fingerprint density at radius 1 is 0.967 bits per heavy atom. The lowest BCUT2D eigenvalue weighted by atomic mass is 10.1. The van der Waals surface area contributed by atoms with Crippen LogP contribution in [0.3, 0.4) is 0 Å². The fourth-order valence-electron chi connectivity index (χ4n) is 2.98. The molecule has 30 heavy (non-hydrogen) atoms. The second-order valence-corrected chi connectivity index (χ2v) is 6.54. The average molecular weight is 411 g/mol. The zero-order valence-corrected chi connectivity index (χ0v) is 15.5. The van der Waals surface area contributed by atoms with Crippen molar-refractivity contribution in [2.75, 3.05) is 11.9 Å². The maximum absolute atomic E-state index is 12.2. The van der Waals surface area contributed by atoms with Crippen molar-refractivity contribution in [1.82, 2.24) is 19.9 Å². The van der Waals surface area contributed by atoms with E-state index in [4.69, 9.17) is 0 Å². The molecule has 6 nitrogen and oxygen atoms in total. The minimum atomic E-state index is -4.47. The number of carbonyl (C=O) groups is 1. The van der Waals surface area contributed by atoms with Crippen LogP contribution in [0.1, 0.15) is 0 Å². The number of hydrogen-bond donors (Lipinski definition) is 2. The van der Waals surface area contributed by atoms with Crippen LogP contribution in [0.15, 0.2) is 73.2 Å². The molecule has 0 radical (unpaired) electrons. The minimum absolute atomic E-state index is 0.354. The van der Waals surface area contributed by atoms with E-state index in [1.807, 2.05) is 42.6 Å². The first-order valence-corrected chi connectivity index (χ1v) is 9.00. The van der Waals surface area contributed by atoms with Gasteiger partial charge in [-0.05, 0) is 23.3 Å². The fourth-order valence-corrected chi connectivity index (χ4v) is 2.98. The zero-order chi connectivity index (χ0) is 21.1. The lowest BCUT2D eigenvalue weighted by Crippen LogP contribution is -2.36. The van der Waals surface area contributed by atoms with Gasteiger partial charge >= 0.3 is 12.2 Å². The van der Waals surface area contributed by atoms with Gasteiger partial charge < -0.3 is 10.6 Å². The Kier molecular flexibility index (Phi) is 5.09. The summed E-state index contributed by atoms with van der Waals surface area (Å²) in [5, 5.41) is 8.53. The van der Waals surface area contributed by atoms with Gasteiger partial charge in [0.05, 0.1) is 6.20 Å². The summed E-state index contributed by atoms with van der Waals surface area (Å²) in [4.78, 5) is 16.2. The lowest BCUT2D eigenvalue weighted by Gasteiger charge is -2.10. The highest BCUT2D eigenvalue weighted by atomic mass is 19.4. The number of fused-ring (bicyclic) bond motifs is 1. The topological polar surface area (TPSA) is 71.3 Å². The van der Waals surface area contributed by atoms with E-state index in [1.54, 1.807) is 40.4 Å². The first kappa shape index (κ1) is 19.4. The van der Waals surface area contributed by atoms with Gasteiger partial charge in [-0.15, -0.1) is 0 Å². The molecule has 0 bridgehead atoms. The molecule has 152 valence electrons. The Bertz CT molecular complexity index is 1190. The third-order valence-corrected chi connectivity index (χ3v) is 4.34. The van der Waals surface area contributed by atoms with Gasteiger partial charge in [-0.25, -0.2) is 14.3 Å². The number of halogens is 3. The molecule has 2 aromatic heterocycles. The van der Waals surface area contributed by atoms with Gasteiger partial charge in [0.25, 0.3) is 0 Å². The van der Waals surface area contributed by atoms with E-state index in [0.717, 1.165) is 22.3 Å². The van der Waals surface area contributed by atoms with Gasteiger partial charge in [0.2, 0.25) is 0 Å². The number of hydrogen-bond acceptors (Lipinski definition) is 3. The molecule has 4 rings (SSSR count). The lowest BCUT2D eigenvalue weighted by molar-refractivity contribution is -0.122. The highest BCUT2D eigenvalue weighted by Gasteiger charge is 2.27. The van der Waals surface area contributed by atoms with E-state index in [0.29, 0.717) is 11.3 Å². The van der Waals surface area contributed by atoms with E-state index in [2.05, 4.69) is 15.4 Å². The van der Waals surface area contributed by atoms with Gasteiger partial charge in [0.1, 0.15) is 6.54 Å². The van der Waals surface area contributed by atoms with Crippen LogP contribution < -0.4 is 10.6 Å². The van der Waals surface area contributed by atoms with Crippen LogP contribution in [0.5, 0.6) is 0 Å². The van der Waals surface area contributed by atoms with Crippen LogP contribution >= 0.6 is 0 Å². The number of aromatic nitrogens is 3. The predicted molar refractivity (Wildman–Crippen MR) is 107 cm³/mol. The van der Waals surface area contributed by atoms with Crippen molar-refractivity contribution in [2.24, 2.45) is 0 Å². The average Bonchev–Trinajstić information content (AvgIpc) is 3.16. The number of rotatable bonds is 4. The summed E-state index contributed by atoms with van der Waals surface area (Å²) >= 11 is 0.